The van der Waals surface area contributed by atoms with Crippen LogP contribution in [0.1, 0.15) is 26.6 Å². The average molecular weight is 248 g/mol. The fourth-order valence-corrected chi connectivity index (χ4v) is 1.57. The molecule has 2 aromatic rings. The normalized spacial score (nSPS) is 11.7. The van der Waals surface area contributed by atoms with Crippen molar-refractivity contribution in [3.8, 4) is 23.0 Å². The Labute approximate surface area is 105 Å². The molecule has 0 spiro atoms. The molecule has 0 saturated carbocycles. The van der Waals surface area contributed by atoms with Crippen molar-refractivity contribution >= 4 is 0 Å². The summed E-state index contributed by atoms with van der Waals surface area (Å²) >= 11 is 0. The van der Waals surface area contributed by atoms with Gasteiger partial charge in [0.05, 0.1) is 0 Å². The van der Waals surface area contributed by atoms with Crippen LogP contribution in [0.15, 0.2) is 22.7 Å². The zero-order valence-electron chi connectivity index (χ0n) is 10.6. The van der Waals surface area contributed by atoms with E-state index in [0.29, 0.717) is 23.7 Å². The maximum Gasteiger partial charge on any atom is 0.258 e. The number of rotatable bonds is 2. The third-order valence-electron chi connectivity index (χ3n) is 2.38. The summed E-state index contributed by atoms with van der Waals surface area (Å²) in [6, 6.07) is 4.39. The van der Waals surface area contributed by atoms with E-state index in [1.165, 1.54) is 12.1 Å². The Morgan fingerprint density at radius 1 is 1.17 bits per heavy atom. The summed E-state index contributed by atoms with van der Waals surface area (Å²) in [5.41, 5.74) is 0.663. The van der Waals surface area contributed by atoms with Gasteiger partial charge >= 0.3 is 0 Å². The van der Waals surface area contributed by atoms with Crippen LogP contribution < -0.4 is 0 Å². The number of hydrogen-bond acceptors (Lipinski definition) is 5. The Morgan fingerprint density at radius 3 is 2.50 bits per heavy atom. The van der Waals surface area contributed by atoms with Gasteiger partial charge in [0.15, 0.2) is 17.3 Å². The molecule has 0 aliphatic carbocycles. The van der Waals surface area contributed by atoms with Crippen LogP contribution in [0.2, 0.25) is 0 Å². The summed E-state index contributed by atoms with van der Waals surface area (Å²) < 4.78 is 5.14. The first-order chi connectivity index (χ1) is 8.35. The number of benzene rings is 1. The summed E-state index contributed by atoms with van der Waals surface area (Å²) in [4.78, 5) is 4.27. The van der Waals surface area contributed by atoms with Crippen LogP contribution in [-0.4, -0.2) is 20.4 Å². The van der Waals surface area contributed by atoms with Gasteiger partial charge in [0.2, 0.25) is 0 Å². The minimum absolute atomic E-state index is 0.0816. The third kappa shape index (κ3) is 2.80. The Kier molecular flexibility index (Phi) is 2.98. The minimum atomic E-state index is -0.205. The van der Waals surface area contributed by atoms with Crippen molar-refractivity contribution in [3.63, 3.8) is 0 Å². The van der Waals surface area contributed by atoms with Gasteiger partial charge < -0.3 is 14.7 Å². The molecule has 0 aliphatic heterocycles. The highest BCUT2D eigenvalue weighted by Crippen LogP contribution is 2.30. The molecule has 0 saturated heterocycles. The van der Waals surface area contributed by atoms with Gasteiger partial charge in [-0.1, -0.05) is 25.9 Å². The van der Waals surface area contributed by atoms with Crippen molar-refractivity contribution in [1.29, 1.82) is 0 Å². The number of aromatic hydroxyl groups is 2. The van der Waals surface area contributed by atoms with E-state index in [9.17, 15) is 10.2 Å². The molecule has 0 atom stereocenters. The van der Waals surface area contributed by atoms with E-state index in [1.807, 2.05) is 0 Å². The summed E-state index contributed by atoms with van der Waals surface area (Å²) in [7, 11) is 0. The zero-order valence-corrected chi connectivity index (χ0v) is 10.6. The predicted octanol–water partition coefficient (Wildman–Crippen LogP) is 2.74. The first kappa shape index (κ1) is 12.4. The van der Waals surface area contributed by atoms with E-state index in [1.54, 1.807) is 6.07 Å². The molecule has 1 aromatic heterocycles. The Balaban J connectivity index is 2.26. The van der Waals surface area contributed by atoms with Crippen LogP contribution in [0.5, 0.6) is 11.5 Å². The molecule has 2 rings (SSSR count). The molecular weight excluding hydrogens is 232 g/mol. The maximum atomic E-state index is 9.41. The van der Waals surface area contributed by atoms with Crippen molar-refractivity contribution in [2.45, 2.75) is 27.2 Å². The van der Waals surface area contributed by atoms with Gasteiger partial charge in [0.25, 0.3) is 5.89 Å². The van der Waals surface area contributed by atoms with E-state index >= 15 is 0 Å². The van der Waals surface area contributed by atoms with Gasteiger partial charge in [-0.25, -0.2) is 0 Å². The second kappa shape index (κ2) is 4.33. The first-order valence-corrected chi connectivity index (χ1v) is 5.70. The predicted molar refractivity (Wildman–Crippen MR) is 66.2 cm³/mol. The largest absolute Gasteiger partial charge is 0.504 e. The number of aromatic nitrogens is 2. The van der Waals surface area contributed by atoms with E-state index in [2.05, 4.69) is 30.9 Å². The molecule has 0 bridgehead atoms. The Morgan fingerprint density at radius 2 is 1.89 bits per heavy atom. The highest BCUT2D eigenvalue weighted by molar-refractivity contribution is 5.58. The van der Waals surface area contributed by atoms with Crippen LogP contribution in [0.3, 0.4) is 0 Å². The molecule has 0 amide bonds. The van der Waals surface area contributed by atoms with Crippen LogP contribution >= 0.6 is 0 Å². The van der Waals surface area contributed by atoms with E-state index in [0.717, 1.165) is 0 Å². The standard InChI is InChI=1S/C13H16N2O3/c1-13(2,3)7-11-14-12(18-15-11)8-4-5-9(16)10(17)6-8/h4-6,16-17H,7H2,1-3H3. The lowest BCUT2D eigenvalue weighted by Gasteiger charge is -2.14. The fourth-order valence-electron chi connectivity index (χ4n) is 1.57. The first-order valence-electron chi connectivity index (χ1n) is 5.70. The molecule has 0 unspecified atom stereocenters. The number of phenolic OH excluding ortho intramolecular Hbond substituents is 2. The van der Waals surface area contributed by atoms with Crippen molar-refractivity contribution in [2.24, 2.45) is 5.41 Å². The summed E-state index contributed by atoms with van der Waals surface area (Å²) in [6.07, 6.45) is 0.709. The molecule has 18 heavy (non-hydrogen) atoms. The molecule has 0 fully saturated rings. The van der Waals surface area contributed by atoms with Gasteiger partial charge in [0.1, 0.15) is 0 Å². The topological polar surface area (TPSA) is 79.4 Å². The lowest BCUT2D eigenvalue weighted by molar-refractivity contribution is 0.374. The lowest BCUT2D eigenvalue weighted by Crippen LogP contribution is -2.10. The molecule has 1 aromatic carbocycles. The molecule has 5 heteroatoms. The Hall–Kier alpha value is -2.04. The maximum absolute atomic E-state index is 9.41. The number of hydrogen-bond donors (Lipinski definition) is 2. The van der Waals surface area contributed by atoms with Gasteiger partial charge in [-0.3, -0.25) is 0 Å². The third-order valence-corrected chi connectivity index (χ3v) is 2.38. The summed E-state index contributed by atoms with van der Waals surface area (Å²) in [5.74, 6) is 0.589. The van der Waals surface area contributed by atoms with Crippen LogP contribution in [-0.2, 0) is 6.42 Å². The lowest BCUT2D eigenvalue weighted by atomic mass is 9.92. The SMILES string of the molecule is CC(C)(C)Cc1noc(-c2ccc(O)c(O)c2)n1. The fraction of sp³-hybridized carbons (Fsp3) is 0.385. The van der Waals surface area contributed by atoms with Gasteiger partial charge in [0, 0.05) is 12.0 Å². The van der Waals surface area contributed by atoms with E-state index in [4.69, 9.17) is 4.52 Å². The smallest absolute Gasteiger partial charge is 0.258 e. The zero-order chi connectivity index (χ0) is 13.3. The highest BCUT2D eigenvalue weighted by Gasteiger charge is 2.17. The molecule has 5 nitrogen and oxygen atoms in total. The van der Waals surface area contributed by atoms with Gasteiger partial charge in [-0.2, -0.15) is 4.98 Å². The summed E-state index contributed by atoms with van der Waals surface area (Å²) in [6.45, 7) is 6.28. The minimum Gasteiger partial charge on any atom is -0.504 e. The quantitative estimate of drug-likeness (QED) is 0.799. The van der Waals surface area contributed by atoms with Crippen LogP contribution in [0.4, 0.5) is 0 Å². The Bertz CT molecular complexity index is 556. The molecule has 1 heterocycles. The molecule has 0 radical (unpaired) electrons. The van der Waals surface area contributed by atoms with Crippen LogP contribution in [0, 0.1) is 5.41 Å². The molecular formula is C13H16N2O3. The number of phenols is 2. The second-order valence-corrected chi connectivity index (χ2v) is 5.46. The van der Waals surface area contributed by atoms with Crippen molar-refractivity contribution in [3.05, 3.63) is 24.0 Å². The van der Waals surface area contributed by atoms with Crippen molar-refractivity contribution in [2.75, 3.05) is 0 Å². The molecule has 0 aliphatic rings. The van der Waals surface area contributed by atoms with Gasteiger partial charge in [-0.05, 0) is 23.6 Å². The van der Waals surface area contributed by atoms with Gasteiger partial charge in [-0.15, -0.1) is 0 Å². The van der Waals surface area contributed by atoms with Crippen molar-refractivity contribution in [1.82, 2.24) is 10.1 Å². The monoisotopic (exact) mass is 248 g/mol. The second-order valence-electron chi connectivity index (χ2n) is 5.46. The summed E-state index contributed by atoms with van der Waals surface area (Å²) in [5, 5.41) is 22.5. The number of nitrogens with zero attached hydrogens (tertiary/aromatic N) is 2. The van der Waals surface area contributed by atoms with Crippen molar-refractivity contribution < 1.29 is 14.7 Å². The molecule has 2 N–H and O–H groups in total. The average Bonchev–Trinajstić information content (AvgIpc) is 2.68. The van der Waals surface area contributed by atoms with Crippen LogP contribution in [0.25, 0.3) is 11.5 Å². The highest BCUT2D eigenvalue weighted by atomic mass is 16.5. The van der Waals surface area contributed by atoms with E-state index < -0.39 is 0 Å². The molecule has 96 valence electrons. The van der Waals surface area contributed by atoms with E-state index in [-0.39, 0.29) is 16.9 Å².